The van der Waals surface area contributed by atoms with E-state index in [1.165, 1.54) is 0 Å². The Bertz CT molecular complexity index is 833. The number of amides is 1. The molecule has 7 nitrogen and oxygen atoms in total. The monoisotopic (exact) mass is 352 g/mol. The number of hydrogen-bond acceptors (Lipinski definition) is 5. The molecule has 0 bridgehead atoms. The summed E-state index contributed by atoms with van der Waals surface area (Å²) in [6.07, 6.45) is 0. The quantitative estimate of drug-likeness (QED) is 0.913. The summed E-state index contributed by atoms with van der Waals surface area (Å²) >= 11 is 0. The fraction of sp³-hybridized carbons (Fsp3) is 0.421. The third-order valence-corrected chi connectivity index (χ3v) is 5.13. The van der Waals surface area contributed by atoms with Crippen LogP contribution in [0.4, 0.5) is 5.95 Å². The minimum Gasteiger partial charge on any atom is -0.336 e. The van der Waals surface area contributed by atoms with Crippen LogP contribution in [0.2, 0.25) is 0 Å². The minimum atomic E-state index is 0.105. The van der Waals surface area contributed by atoms with Gasteiger partial charge in [0, 0.05) is 37.4 Å². The molecule has 4 rings (SSSR count). The molecule has 2 aliphatic rings. The van der Waals surface area contributed by atoms with E-state index < -0.39 is 0 Å². The summed E-state index contributed by atoms with van der Waals surface area (Å²) in [5.41, 5.74) is 2.61. The van der Waals surface area contributed by atoms with Crippen molar-refractivity contribution in [2.24, 2.45) is 0 Å². The van der Waals surface area contributed by atoms with Crippen LogP contribution in [0, 0.1) is 0 Å². The molecule has 136 valence electrons. The number of aromatic nitrogens is 3. The molecular weight excluding hydrogens is 328 g/mol. The zero-order chi connectivity index (χ0) is 18.1. The van der Waals surface area contributed by atoms with Crippen LogP contribution in [-0.4, -0.2) is 63.2 Å². The molecule has 2 aliphatic heterocycles. The topological polar surface area (TPSA) is 66.3 Å². The first kappa shape index (κ1) is 16.8. The molecular formula is C19H24N6O. The van der Waals surface area contributed by atoms with Gasteiger partial charge in [0.05, 0.1) is 12.1 Å². The average Bonchev–Trinajstić information content (AvgIpc) is 3.10. The number of anilines is 1. The van der Waals surface area contributed by atoms with E-state index in [1.54, 1.807) is 4.68 Å². The summed E-state index contributed by atoms with van der Waals surface area (Å²) in [6.45, 7) is 9.04. The van der Waals surface area contributed by atoms with Crippen LogP contribution in [0.5, 0.6) is 0 Å². The lowest BCUT2D eigenvalue weighted by molar-refractivity contribution is -0.129. The number of carbonyl (C=O) groups excluding carboxylic acids is 1. The molecule has 0 radical (unpaired) electrons. The predicted octanol–water partition coefficient (Wildman–Crippen LogP) is 1.81. The number of hydrogen-bond donors (Lipinski definition) is 1. The number of benzene rings is 1. The van der Waals surface area contributed by atoms with E-state index in [0.29, 0.717) is 18.3 Å². The van der Waals surface area contributed by atoms with Crippen molar-refractivity contribution in [1.82, 2.24) is 24.6 Å². The summed E-state index contributed by atoms with van der Waals surface area (Å²) in [6, 6.07) is 9.88. The highest BCUT2D eigenvalue weighted by molar-refractivity contribution is 5.95. The standard InChI is InChI=1S/C19H24N6O/c1-3-23-9-11-24(12-10-23)18(26)16-13-25-19(20-14(16)2)21-17(22-25)15-7-5-4-6-8-15/h4-8H,3,9-13H2,1-2H3,(H,20,21,22). The number of nitrogens with zero attached hydrogens (tertiary/aromatic N) is 5. The van der Waals surface area contributed by atoms with E-state index in [9.17, 15) is 4.79 Å². The molecule has 1 aromatic carbocycles. The summed E-state index contributed by atoms with van der Waals surface area (Å²) in [5, 5.41) is 7.84. The fourth-order valence-electron chi connectivity index (χ4n) is 3.45. The number of fused-ring (bicyclic) bond motifs is 1. The van der Waals surface area contributed by atoms with Crippen molar-refractivity contribution >= 4 is 11.9 Å². The molecule has 26 heavy (non-hydrogen) atoms. The van der Waals surface area contributed by atoms with Crippen LogP contribution in [0.3, 0.4) is 0 Å². The van der Waals surface area contributed by atoms with Crippen LogP contribution in [0.15, 0.2) is 41.6 Å². The van der Waals surface area contributed by atoms with Crippen molar-refractivity contribution < 1.29 is 4.79 Å². The van der Waals surface area contributed by atoms with Gasteiger partial charge in [-0.1, -0.05) is 37.3 Å². The van der Waals surface area contributed by atoms with Crippen LogP contribution < -0.4 is 5.32 Å². The largest absolute Gasteiger partial charge is 0.336 e. The lowest BCUT2D eigenvalue weighted by atomic mass is 10.1. The molecule has 0 unspecified atom stereocenters. The highest BCUT2D eigenvalue weighted by Crippen LogP contribution is 2.25. The SMILES string of the molecule is CCN1CCN(C(=O)C2=C(C)Nc3nc(-c4ccccc4)nn3C2)CC1. The number of rotatable bonds is 3. The maximum Gasteiger partial charge on any atom is 0.253 e. The second kappa shape index (κ2) is 6.92. The fourth-order valence-corrected chi connectivity index (χ4v) is 3.45. The second-order valence-corrected chi connectivity index (χ2v) is 6.74. The van der Waals surface area contributed by atoms with Crippen molar-refractivity contribution in [3.05, 3.63) is 41.6 Å². The summed E-state index contributed by atoms with van der Waals surface area (Å²) in [5.74, 6) is 1.47. The zero-order valence-electron chi connectivity index (χ0n) is 15.3. The third-order valence-electron chi connectivity index (χ3n) is 5.13. The molecule has 0 aliphatic carbocycles. The third kappa shape index (κ3) is 3.10. The summed E-state index contributed by atoms with van der Waals surface area (Å²) < 4.78 is 1.78. The number of carbonyl (C=O) groups is 1. The molecule has 1 saturated heterocycles. The second-order valence-electron chi connectivity index (χ2n) is 6.74. The number of allylic oxidation sites excluding steroid dienone is 1. The van der Waals surface area contributed by atoms with Crippen LogP contribution in [0.1, 0.15) is 13.8 Å². The Kier molecular flexibility index (Phi) is 4.46. The predicted molar refractivity (Wildman–Crippen MR) is 100 cm³/mol. The van der Waals surface area contributed by atoms with Crippen molar-refractivity contribution in [1.29, 1.82) is 0 Å². The van der Waals surface area contributed by atoms with Gasteiger partial charge in [0.25, 0.3) is 5.91 Å². The maximum atomic E-state index is 13.0. The number of piperazine rings is 1. The Hall–Kier alpha value is -2.67. The van der Waals surface area contributed by atoms with E-state index in [2.05, 4.69) is 27.2 Å². The Morgan fingerprint density at radius 1 is 1.15 bits per heavy atom. The molecule has 1 amide bonds. The van der Waals surface area contributed by atoms with E-state index in [-0.39, 0.29) is 5.91 Å². The average molecular weight is 352 g/mol. The highest BCUT2D eigenvalue weighted by atomic mass is 16.2. The molecule has 0 saturated carbocycles. The van der Waals surface area contributed by atoms with Crippen molar-refractivity contribution in [2.45, 2.75) is 20.4 Å². The molecule has 3 heterocycles. The van der Waals surface area contributed by atoms with Crippen molar-refractivity contribution in [3.63, 3.8) is 0 Å². The lowest BCUT2D eigenvalue weighted by Crippen LogP contribution is -2.49. The molecule has 1 N–H and O–H groups in total. The number of likely N-dealkylation sites (N-methyl/N-ethyl adjacent to an activating group) is 1. The van der Waals surface area contributed by atoms with Gasteiger partial charge in [-0.25, -0.2) is 4.68 Å². The summed E-state index contributed by atoms with van der Waals surface area (Å²) in [4.78, 5) is 21.9. The first-order valence-corrected chi connectivity index (χ1v) is 9.14. The van der Waals surface area contributed by atoms with Crippen LogP contribution >= 0.6 is 0 Å². The van der Waals surface area contributed by atoms with Gasteiger partial charge >= 0.3 is 0 Å². The van der Waals surface area contributed by atoms with E-state index in [4.69, 9.17) is 0 Å². The lowest BCUT2D eigenvalue weighted by Gasteiger charge is -2.35. The van der Waals surface area contributed by atoms with Gasteiger partial charge in [0.1, 0.15) is 0 Å². The zero-order valence-corrected chi connectivity index (χ0v) is 15.3. The van der Waals surface area contributed by atoms with Crippen molar-refractivity contribution in [3.8, 4) is 11.4 Å². The van der Waals surface area contributed by atoms with Crippen LogP contribution in [-0.2, 0) is 11.3 Å². The van der Waals surface area contributed by atoms with Crippen molar-refractivity contribution in [2.75, 3.05) is 38.0 Å². The van der Waals surface area contributed by atoms with Gasteiger partial charge in [0.2, 0.25) is 5.95 Å². The molecule has 7 heteroatoms. The van der Waals surface area contributed by atoms with Gasteiger partial charge in [-0.2, -0.15) is 4.98 Å². The Morgan fingerprint density at radius 2 is 1.88 bits per heavy atom. The smallest absolute Gasteiger partial charge is 0.253 e. The first-order chi connectivity index (χ1) is 12.7. The summed E-state index contributed by atoms with van der Waals surface area (Å²) in [7, 11) is 0. The molecule has 1 fully saturated rings. The molecule has 1 aromatic heterocycles. The highest BCUT2D eigenvalue weighted by Gasteiger charge is 2.28. The van der Waals surface area contributed by atoms with Gasteiger partial charge in [0.15, 0.2) is 5.82 Å². The first-order valence-electron chi connectivity index (χ1n) is 9.14. The van der Waals surface area contributed by atoms with Gasteiger partial charge < -0.3 is 15.1 Å². The van der Waals surface area contributed by atoms with Gasteiger partial charge in [-0.15, -0.1) is 5.10 Å². The van der Waals surface area contributed by atoms with Gasteiger partial charge in [-0.05, 0) is 13.5 Å². The van der Waals surface area contributed by atoms with Crippen LogP contribution in [0.25, 0.3) is 11.4 Å². The van der Waals surface area contributed by atoms with E-state index in [1.807, 2.05) is 42.2 Å². The maximum absolute atomic E-state index is 13.0. The van der Waals surface area contributed by atoms with Gasteiger partial charge in [-0.3, -0.25) is 4.79 Å². The number of nitrogens with one attached hydrogen (secondary N) is 1. The molecule has 0 atom stereocenters. The van der Waals surface area contributed by atoms with E-state index in [0.717, 1.165) is 49.6 Å². The Morgan fingerprint density at radius 3 is 2.58 bits per heavy atom. The Labute approximate surface area is 153 Å². The molecule has 2 aromatic rings. The minimum absolute atomic E-state index is 0.105. The Balaban J connectivity index is 1.52. The normalized spacial score (nSPS) is 17.8. The van der Waals surface area contributed by atoms with E-state index >= 15 is 0 Å². The molecule has 0 spiro atoms.